The topological polar surface area (TPSA) is 473 Å². The molecule has 0 spiro atoms. The average molecular weight is 1250 g/mol. The quantitative estimate of drug-likeness (QED) is 0.0161. The molecule has 5 aromatic heterocycles. The van der Waals surface area contributed by atoms with Crippen LogP contribution in [0.5, 0.6) is 0 Å². The number of H-pyrrole nitrogens is 1. The number of allylic oxidation sites excluding steroid dienone is 1. The van der Waals surface area contributed by atoms with Crippen LogP contribution in [0, 0.1) is 6.92 Å². The Kier molecular flexibility index (Phi) is 16.8. The number of nitrogen functional groups attached to an aromatic ring is 2. The predicted octanol–water partition coefficient (Wildman–Crippen LogP) is -2.25. The molecule has 3 aliphatic heterocycles. The molecule has 0 radical (unpaired) electrons. The SMILES string of the molecule is CNc1ncnc2c1ncn2C1OC(COP(=O)(O)OP(=O)(O)OP(=O)(O)OCCC2=C(C)[I-][N+](Cc3cnc(C)nc3N)=CS2)C(OP(=O)(O)OC=C2OC(n3cnc4c(=O)[nH]c(N)nc43)C(O)C2O)C1OC. The second-order valence-corrected chi connectivity index (χ2v) is 25.8. The number of anilines is 3. The Hall–Kier alpha value is -4.39. The number of ether oxygens (including phenoxy) is 3. The van der Waals surface area contributed by atoms with Crippen molar-refractivity contribution in [2.75, 3.05) is 44.2 Å². The number of methoxy groups -OCH3 is 1. The number of aromatic amines is 1. The van der Waals surface area contributed by atoms with Crippen molar-refractivity contribution < 1.29 is 113 Å². The van der Waals surface area contributed by atoms with E-state index in [1.807, 2.05) is 15.3 Å². The number of aromatic nitrogens is 10. The molecule has 0 aliphatic carbocycles. The minimum Gasteiger partial charge on any atom is -0.465 e. The summed E-state index contributed by atoms with van der Waals surface area (Å²) in [4.78, 5) is 86.5. The summed E-state index contributed by atoms with van der Waals surface area (Å²) in [6.45, 7) is 2.36. The van der Waals surface area contributed by atoms with Crippen molar-refractivity contribution in [2.45, 2.75) is 69.8 Å². The minimum atomic E-state index is -5.99. The van der Waals surface area contributed by atoms with Gasteiger partial charge in [-0.1, -0.05) is 0 Å². The third kappa shape index (κ3) is 12.7. The standard InChI is InChI=1S/C34H45IN14O20P4S/c1-15-20(74-14-47(35-15)8-17-7-39-16(2)44-27(17)36)5-6-62-71(55,56)68-73(59,60)69-72(57,58)64-10-19-25(26(61-4)33(66-19)48-12-42-21-28(38-3)40-11-41-29(21)48)67-70(53,54)63-9-18-23(50)24(51)32(65-18)49-13-43-22-30(49)45-34(37)46-31(22)52/h7,9,11-14,19,23-26,32-33,50-51H,5-6,8,10H2,1-4H3,(H,53,54)(H,55,56)(H,57,58)(H,59,60)(H2,36,39,44)(H,38,40,41)(H3,37,45,46,52). The fourth-order valence-corrected chi connectivity index (χ4v) is 15.7. The van der Waals surface area contributed by atoms with Crippen molar-refractivity contribution in [1.82, 2.24) is 49.0 Å². The zero-order valence-corrected chi connectivity index (χ0v) is 45.0. The molecule has 8 heterocycles. The molecule has 2 fully saturated rings. The number of phosphoric acid groups is 4. The second-order valence-electron chi connectivity index (χ2n) is 15.5. The number of hydrogen-bond donors (Lipinski definition) is 10. The first-order valence-electron chi connectivity index (χ1n) is 20.9. The van der Waals surface area contributed by atoms with Gasteiger partial charge in [0.25, 0.3) is 5.56 Å². The number of fused-ring (bicyclic) bond motifs is 2. The molecule has 0 saturated carbocycles. The van der Waals surface area contributed by atoms with Gasteiger partial charge in [-0.3, -0.25) is 28.3 Å². The molecule has 5 aromatic rings. The fraction of sp³-hybridized carbons (Fsp3) is 0.441. The minimum absolute atomic E-state index is 0.0693. The van der Waals surface area contributed by atoms with Gasteiger partial charge in [-0.25, -0.2) is 24.5 Å². The average Bonchev–Trinajstić information content (AvgIpc) is 4.09. The molecule has 74 heavy (non-hydrogen) atoms. The molecule has 11 unspecified atom stereocenters. The van der Waals surface area contributed by atoms with Crippen LogP contribution in [0.3, 0.4) is 0 Å². The Labute approximate surface area is 430 Å². The van der Waals surface area contributed by atoms with E-state index in [1.54, 1.807) is 20.2 Å². The summed E-state index contributed by atoms with van der Waals surface area (Å²) in [5.74, 6) is 0.235. The summed E-state index contributed by atoms with van der Waals surface area (Å²) < 4.78 is 104. The maximum Gasteiger partial charge on any atom is 0.527 e. The molecule has 0 bridgehead atoms. The van der Waals surface area contributed by atoms with Gasteiger partial charge in [0.1, 0.15) is 55.0 Å². The van der Waals surface area contributed by atoms with Crippen LogP contribution in [-0.4, -0.2) is 145 Å². The molecule has 40 heteroatoms. The third-order valence-corrected chi connectivity index (χ3v) is 20.2. The van der Waals surface area contributed by atoms with Crippen LogP contribution in [-0.2, 0) is 65.7 Å². The van der Waals surface area contributed by atoms with Crippen LogP contribution in [0.1, 0.15) is 37.2 Å². The Morgan fingerprint density at radius 1 is 0.919 bits per heavy atom. The number of hydrogen-bond acceptors (Lipinski definition) is 27. The van der Waals surface area contributed by atoms with E-state index < -0.39 is 120 Å². The fourth-order valence-electron chi connectivity index (χ4n) is 7.29. The molecule has 404 valence electrons. The smallest absolute Gasteiger partial charge is 0.465 e. The summed E-state index contributed by atoms with van der Waals surface area (Å²) in [5, 5.41) is 24.5. The van der Waals surface area contributed by atoms with Crippen LogP contribution in [0.2, 0.25) is 0 Å². The van der Waals surface area contributed by atoms with E-state index >= 15 is 0 Å². The Balaban J connectivity index is 0.926. The van der Waals surface area contributed by atoms with Crippen LogP contribution >= 0.6 is 43.1 Å². The third-order valence-electron chi connectivity index (χ3n) is 10.5. The zero-order chi connectivity index (χ0) is 53.5. The van der Waals surface area contributed by atoms with Crippen LogP contribution in [0.4, 0.5) is 17.6 Å². The summed E-state index contributed by atoms with van der Waals surface area (Å²) >= 11 is 0.587. The van der Waals surface area contributed by atoms with Gasteiger partial charge in [0.15, 0.2) is 34.6 Å². The Morgan fingerprint density at radius 2 is 1.62 bits per heavy atom. The first-order chi connectivity index (χ1) is 34.9. The number of thioether (sulfide) groups is 1. The number of phosphoric ester groups is 3. The molecule has 2 saturated heterocycles. The molecule has 0 amide bonds. The van der Waals surface area contributed by atoms with Gasteiger partial charge in [0.2, 0.25) is 12.2 Å². The van der Waals surface area contributed by atoms with Gasteiger partial charge >= 0.3 is 207 Å². The first-order valence-corrected chi connectivity index (χ1v) is 29.9. The summed E-state index contributed by atoms with van der Waals surface area (Å²) in [5.41, 5.74) is 13.5. The van der Waals surface area contributed by atoms with Crippen molar-refractivity contribution >= 4 is 88.5 Å². The van der Waals surface area contributed by atoms with E-state index in [2.05, 4.69) is 53.8 Å². The number of imidazole rings is 2. The largest absolute Gasteiger partial charge is 0.527 e. The molecule has 8 rings (SSSR count). The van der Waals surface area contributed by atoms with E-state index in [0.29, 0.717) is 24.4 Å². The maximum absolute atomic E-state index is 13.7. The molecule has 34 nitrogen and oxygen atoms in total. The number of aliphatic hydroxyl groups excluding tert-OH is 2. The number of aryl methyl sites for hydroxylation is 1. The number of nitrogens with one attached hydrogen (secondary N) is 2. The van der Waals surface area contributed by atoms with Gasteiger partial charge in [-0.2, -0.15) is 4.98 Å². The number of aliphatic hydroxyl groups is 2. The van der Waals surface area contributed by atoms with E-state index in [-0.39, 0.29) is 40.5 Å². The predicted molar refractivity (Wildman–Crippen MR) is 248 cm³/mol. The van der Waals surface area contributed by atoms with E-state index in [9.17, 15) is 52.8 Å². The van der Waals surface area contributed by atoms with Gasteiger partial charge in [-0.05, 0) is 0 Å². The van der Waals surface area contributed by atoms with E-state index in [1.165, 1.54) is 29.0 Å². The normalized spacial score (nSPS) is 26.2. The summed E-state index contributed by atoms with van der Waals surface area (Å²) in [6.07, 6.45) is -6.13. The molecular weight excluding hydrogens is 1210 g/mol. The van der Waals surface area contributed by atoms with Crippen LogP contribution < -0.4 is 43.8 Å². The first kappa shape index (κ1) is 55.8. The van der Waals surface area contributed by atoms with Crippen molar-refractivity contribution in [1.29, 1.82) is 0 Å². The van der Waals surface area contributed by atoms with Gasteiger partial charge in [-0.15, -0.1) is 0 Å². The molecule has 12 N–H and O–H groups in total. The number of halogens is 1. The Morgan fingerprint density at radius 3 is 2.31 bits per heavy atom. The van der Waals surface area contributed by atoms with Crippen molar-refractivity contribution in [3.63, 3.8) is 0 Å². The number of nitrogens with two attached hydrogens (primary N) is 2. The molecule has 3 aliphatic rings. The van der Waals surface area contributed by atoms with Crippen LogP contribution in [0.25, 0.3) is 22.3 Å². The zero-order valence-electron chi connectivity index (χ0n) is 38.4. The molecular formula is C34H45IN14O20P4S. The Bertz CT molecular complexity index is 3310. The van der Waals surface area contributed by atoms with Gasteiger partial charge < -0.3 is 40.0 Å². The van der Waals surface area contributed by atoms with Crippen molar-refractivity contribution in [3.05, 3.63) is 67.4 Å². The number of nitrogens with zero attached hydrogens (tertiary/aromatic N) is 10. The maximum atomic E-state index is 13.7. The monoisotopic (exact) mass is 1250 g/mol. The van der Waals surface area contributed by atoms with Crippen LogP contribution in [0.15, 0.2) is 50.5 Å². The summed E-state index contributed by atoms with van der Waals surface area (Å²) in [6, 6.07) is 0. The van der Waals surface area contributed by atoms with Gasteiger partial charge in [0.05, 0.1) is 6.33 Å². The van der Waals surface area contributed by atoms with Crippen molar-refractivity contribution in [2.24, 2.45) is 0 Å². The molecule has 0 aromatic carbocycles. The number of rotatable bonds is 21. The van der Waals surface area contributed by atoms with Crippen molar-refractivity contribution in [3.8, 4) is 0 Å². The second kappa shape index (κ2) is 22.3. The van der Waals surface area contributed by atoms with E-state index in [4.69, 9.17) is 43.8 Å². The van der Waals surface area contributed by atoms with E-state index in [0.717, 1.165) is 32.1 Å². The summed E-state index contributed by atoms with van der Waals surface area (Å²) in [7, 11) is -20.1. The molecule has 11 atom stereocenters. The van der Waals surface area contributed by atoms with Gasteiger partial charge in [0, 0.05) is 14.2 Å².